The van der Waals surface area contributed by atoms with Gasteiger partial charge in [-0.05, 0) is 24.1 Å². The van der Waals surface area contributed by atoms with E-state index in [2.05, 4.69) is 0 Å². The van der Waals surface area contributed by atoms with E-state index in [1.165, 1.54) is 10.8 Å². The Hall–Kier alpha value is -3.92. The Labute approximate surface area is 184 Å². The minimum absolute atomic E-state index is 0.0552. The lowest BCUT2D eigenvalue weighted by atomic mass is 9.67. The number of fused-ring (bicyclic) bond motifs is 4. The molecule has 1 aromatic heterocycles. The van der Waals surface area contributed by atoms with E-state index in [4.69, 9.17) is 14.0 Å². The van der Waals surface area contributed by atoms with E-state index < -0.39 is 46.5 Å². The van der Waals surface area contributed by atoms with Crippen LogP contribution in [0.4, 0.5) is 0 Å². The highest BCUT2D eigenvalue weighted by atomic mass is 16.6. The summed E-state index contributed by atoms with van der Waals surface area (Å²) in [6, 6.07) is 6.37. The van der Waals surface area contributed by atoms with Crippen molar-refractivity contribution in [3.8, 4) is 22.6 Å². The molecule has 1 fully saturated rings. The van der Waals surface area contributed by atoms with Crippen LogP contribution < -0.4 is 10.4 Å². The Morgan fingerprint density at radius 3 is 2.79 bits per heavy atom. The van der Waals surface area contributed by atoms with Gasteiger partial charge in [0.25, 0.3) is 0 Å². The van der Waals surface area contributed by atoms with Gasteiger partial charge in [0.1, 0.15) is 34.9 Å². The molecule has 10 nitrogen and oxygen atoms in total. The number of phenolic OH excluding ortho intramolecular Hbond substituents is 1. The number of ketones is 2. The Bertz CT molecular complexity index is 1480. The van der Waals surface area contributed by atoms with Gasteiger partial charge in [-0.1, -0.05) is 12.1 Å². The number of benzene rings is 2. The summed E-state index contributed by atoms with van der Waals surface area (Å²) < 4.78 is 17.4. The first-order valence-electron chi connectivity index (χ1n) is 10.3. The predicted octanol–water partition coefficient (Wildman–Crippen LogP) is 1.16. The van der Waals surface area contributed by atoms with Crippen molar-refractivity contribution in [2.75, 3.05) is 7.11 Å². The molecule has 3 heterocycles. The smallest absolute Gasteiger partial charge is 0.365 e. The first kappa shape index (κ1) is 19.7. The maximum Gasteiger partial charge on any atom is 0.365 e. The largest absolute Gasteiger partial charge is 0.506 e. The molecule has 2 aromatic carbocycles. The van der Waals surface area contributed by atoms with E-state index >= 15 is 0 Å². The lowest BCUT2D eigenvalue weighted by Gasteiger charge is -2.46. The lowest BCUT2D eigenvalue weighted by molar-refractivity contribution is -0.185. The number of carbonyl (C=O) groups excluding carboxylic acids is 3. The van der Waals surface area contributed by atoms with Gasteiger partial charge in [0.05, 0.1) is 24.6 Å². The van der Waals surface area contributed by atoms with Crippen LogP contribution in [-0.2, 0) is 20.9 Å². The first-order valence-corrected chi connectivity index (χ1v) is 10.3. The summed E-state index contributed by atoms with van der Waals surface area (Å²) in [5.41, 5.74) is -1.30. The summed E-state index contributed by atoms with van der Waals surface area (Å²) >= 11 is 0. The summed E-state index contributed by atoms with van der Waals surface area (Å²) in [4.78, 5) is 51.4. The number of carbonyl (C=O) groups is 3. The van der Waals surface area contributed by atoms with Crippen molar-refractivity contribution in [1.82, 2.24) is 4.74 Å². The van der Waals surface area contributed by atoms with Crippen LogP contribution in [0.25, 0.3) is 22.0 Å². The highest BCUT2D eigenvalue weighted by Gasteiger charge is 2.65. The van der Waals surface area contributed by atoms with Gasteiger partial charge in [0, 0.05) is 17.5 Å². The third kappa shape index (κ3) is 2.25. The number of nitrogens with zero attached hydrogens (tertiary/aromatic N) is 1. The molecule has 1 aliphatic carbocycles. The average molecular weight is 451 g/mol. The van der Waals surface area contributed by atoms with Crippen molar-refractivity contribution in [2.45, 2.75) is 31.1 Å². The number of hydrogen-bond donors (Lipinski definition) is 2. The minimum Gasteiger partial charge on any atom is -0.506 e. The van der Waals surface area contributed by atoms with Crippen LogP contribution in [0.3, 0.4) is 0 Å². The Balaban J connectivity index is 1.64. The zero-order valence-electron chi connectivity index (χ0n) is 17.3. The Morgan fingerprint density at radius 1 is 1.24 bits per heavy atom. The number of hydrogen-bond acceptors (Lipinski definition) is 9. The first-order chi connectivity index (χ1) is 15.8. The predicted molar refractivity (Wildman–Crippen MR) is 110 cm³/mol. The van der Waals surface area contributed by atoms with Gasteiger partial charge < -0.3 is 24.2 Å². The molecule has 0 bridgehead atoms. The van der Waals surface area contributed by atoms with Gasteiger partial charge in [-0.3, -0.25) is 9.59 Å². The summed E-state index contributed by atoms with van der Waals surface area (Å²) in [5.74, 6) is -4.69. The number of ether oxygens (including phenoxy) is 2. The molecule has 3 aliphatic rings. The minimum atomic E-state index is -2.24. The van der Waals surface area contributed by atoms with Crippen molar-refractivity contribution >= 4 is 28.4 Å². The summed E-state index contributed by atoms with van der Waals surface area (Å²) in [6.45, 7) is 0.0552. The number of rotatable bonds is 1. The van der Waals surface area contributed by atoms with Gasteiger partial charge in [0.2, 0.25) is 5.60 Å². The molecule has 3 atom stereocenters. The molecule has 10 heteroatoms. The molecule has 3 aromatic rings. The molecule has 33 heavy (non-hydrogen) atoms. The highest BCUT2D eigenvalue weighted by Crippen LogP contribution is 2.52. The molecule has 1 unspecified atom stereocenters. The van der Waals surface area contributed by atoms with E-state index in [1.807, 2.05) is 0 Å². The average Bonchev–Trinajstić information content (AvgIpc) is 3.11. The SMILES string of the molecule is COC(=O)[C@]12Oc3cc4c(c(O)c3C(=O)C1C(=O)CC[C@@H]2O)-c1cccc2c(=O)on(c12)C4. The monoisotopic (exact) mass is 451 g/mol. The number of phenols is 1. The number of aliphatic hydroxyl groups is 1. The van der Waals surface area contributed by atoms with Crippen LogP contribution in [0.2, 0.25) is 0 Å². The number of para-hydroxylation sites is 1. The summed E-state index contributed by atoms with van der Waals surface area (Å²) in [6.07, 6.45) is -1.67. The highest BCUT2D eigenvalue weighted by molar-refractivity contribution is 6.19. The van der Waals surface area contributed by atoms with Crippen molar-refractivity contribution in [3.05, 3.63) is 45.8 Å². The fourth-order valence-corrected chi connectivity index (χ4v) is 5.40. The molecule has 1 saturated carbocycles. The van der Waals surface area contributed by atoms with Crippen LogP contribution >= 0.6 is 0 Å². The van der Waals surface area contributed by atoms with Crippen molar-refractivity contribution in [2.24, 2.45) is 5.92 Å². The van der Waals surface area contributed by atoms with Crippen LogP contribution in [0.15, 0.2) is 33.6 Å². The summed E-state index contributed by atoms with van der Waals surface area (Å²) in [5, 5.41) is 22.3. The van der Waals surface area contributed by atoms with Gasteiger partial charge in [-0.15, -0.1) is 0 Å². The lowest BCUT2D eigenvalue weighted by Crippen LogP contribution is -2.68. The van der Waals surface area contributed by atoms with E-state index in [9.17, 15) is 29.4 Å². The number of esters is 1. The number of Topliss-reactive ketones (excluding diaryl/α,β-unsaturated/α-hetero) is 2. The van der Waals surface area contributed by atoms with Gasteiger partial charge in [0.15, 0.2) is 5.78 Å². The third-order valence-corrected chi connectivity index (χ3v) is 6.83. The van der Waals surface area contributed by atoms with Crippen LogP contribution in [0.5, 0.6) is 11.5 Å². The number of aromatic hydroxyl groups is 1. The maximum absolute atomic E-state index is 13.6. The van der Waals surface area contributed by atoms with Crippen LogP contribution in [-0.4, -0.2) is 51.3 Å². The second kappa shape index (κ2) is 6.32. The van der Waals surface area contributed by atoms with Crippen molar-refractivity contribution in [3.63, 3.8) is 0 Å². The zero-order valence-corrected chi connectivity index (χ0v) is 17.3. The van der Waals surface area contributed by atoms with E-state index in [0.717, 1.165) is 7.11 Å². The quantitative estimate of drug-likeness (QED) is 0.321. The van der Waals surface area contributed by atoms with Crippen molar-refractivity contribution in [1.29, 1.82) is 0 Å². The number of aromatic nitrogens is 1. The summed E-state index contributed by atoms with van der Waals surface area (Å²) in [7, 11) is 1.07. The molecular formula is C23H17NO9. The fourth-order valence-electron chi connectivity index (χ4n) is 5.40. The van der Waals surface area contributed by atoms with E-state index in [0.29, 0.717) is 27.6 Å². The molecule has 2 aliphatic heterocycles. The normalized spacial score (nSPS) is 25.2. The van der Waals surface area contributed by atoms with Crippen LogP contribution in [0.1, 0.15) is 28.8 Å². The molecule has 6 rings (SSSR count). The molecule has 2 N–H and O–H groups in total. The molecule has 0 saturated heterocycles. The standard InChI is InChI=1S/C23H17NO9/c1-31-22(30)23-14(26)6-5-12(25)17(23)20(28)16-13(32-23)7-9-8-24-18-10(15(9)19(16)27)3-2-4-11(18)21(29)33-24/h2-4,7,14,17,26-27H,5-6,8H2,1H3/t14-,17?,23+/m0/s1. The number of aliphatic hydroxyl groups excluding tert-OH is 1. The fraction of sp³-hybridized carbons (Fsp3) is 0.304. The molecule has 0 amide bonds. The van der Waals surface area contributed by atoms with Crippen LogP contribution in [0, 0.1) is 5.92 Å². The molecular weight excluding hydrogens is 434 g/mol. The van der Waals surface area contributed by atoms with Gasteiger partial charge in [-0.25, -0.2) is 14.3 Å². The second-order valence-electron chi connectivity index (χ2n) is 8.45. The molecule has 0 radical (unpaired) electrons. The van der Waals surface area contributed by atoms with Gasteiger partial charge >= 0.3 is 11.6 Å². The second-order valence-corrected chi connectivity index (χ2v) is 8.45. The van der Waals surface area contributed by atoms with Gasteiger partial charge in [-0.2, -0.15) is 0 Å². The molecule has 168 valence electrons. The topological polar surface area (TPSA) is 145 Å². The van der Waals surface area contributed by atoms with Crippen molar-refractivity contribution < 1.29 is 38.6 Å². The Morgan fingerprint density at radius 2 is 2.03 bits per heavy atom. The molecule has 0 spiro atoms. The Kier molecular flexibility index (Phi) is 3.78. The van der Waals surface area contributed by atoms with E-state index in [-0.39, 0.29) is 30.7 Å². The maximum atomic E-state index is 13.6. The third-order valence-electron chi connectivity index (χ3n) is 6.83. The number of methoxy groups -OCH3 is 1. The zero-order chi connectivity index (χ0) is 23.2. The van der Waals surface area contributed by atoms with E-state index in [1.54, 1.807) is 18.2 Å².